The molecule has 3 rings (SSSR count). The molecule has 0 saturated carbocycles. The van der Waals surface area contributed by atoms with Gasteiger partial charge in [0.05, 0.1) is 11.6 Å². The van der Waals surface area contributed by atoms with Crippen molar-refractivity contribution in [2.75, 3.05) is 6.54 Å². The summed E-state index contributed by atoms with van der Waals surface area (Å²) in [5, 5.41) is 3.49. The van der Waals surface area contributed by atoms with E-state index in [0.29, 0.717) is 17.1 Å². The molecule has 0 fully saturated rings. The van der Waals surface area contributed by atoms with Crippen LogP contribution in [0.25, 0.3) is 0 Å². The van der Waals surface area contributed by atoms with Gasteiger partial charge < -0.3 is 10.1 Å². The number of amides is 1. The summed E-state index contributed by atoms with van der Waals surface area (Å²) in [6.07, 6.45) is 0.815. The fourth-order valence-electron chi connectivity index (χ4n) is 2.31. The Labute approximate surface area is 141 Å². The molecular weight excluding hydrogens is 401 g/mol. The normalized spacial score (nSPS) is 16.2. The number of carbonyl (C=O) groups is 1. The van der Waals surface area contributed by atoms with Crippen molar-refractivity contribution in [3.63, 3.8) is 0 Å². The monoisotopic (exact) mass is 413 g/mol. The van der Waals surface area contributed by atoms with Crippen molar-refractivity contribution in [1.82, 2.24) is 5.32 Å². The summed E-state index contributed by atoms with van der Waals surface area (Å²) < 4.78 is 6.72. The van der Waals surface area contributed by atoms with Crippen molar-refractivity contribution in [3.8, 4) is 5.75 Å². The Balaban J connectivity index is 1.59. The van der Waals surface area contributed by atoms with Gasteiger partial charge in [0.2, 0.25) is 0 Å². The molecule has 1 unspecified atom stereocenters. The highest BCUT2D eigenvalue weighted by Gasteiger charge is 2.22. The van der Waals surface area contributed by atoms with Gasteiger partial charge >= 0.3 is 0 Å². The minimum atomic E-state index is -0.132. The zero-order valence-corrected chi connectivity index (χ0v) is 14.0. The first kappa shape index (κ1) is 14.7. The van der Waals surface area contributed by atoms with E-state index in [-0.39, 0.29) is 12.0 Å². The predicted molar refractivity (Wildman–Crippen MR) is 91.1 cm³/mol. The number of fused-ring (bicyclic) bond motifs is 1. The molecule has 1 atom stereocenters. The van der Waals surface area contributed by atoms with E-state index < -0.39 is 0 Å². The number of rotatable bonds is 3. The highest BCUT2D eigenvalue weighted by atomic mass is 127. The molecule has 0 aliphatic carbocycles. The number of halogens is 2. The van der Waals surface area contributed by atoms with E-state index in [1.807, 2.05) is 24.3 Å². The Morgan fingerprint density at radius 3 is 2.90 bits per heavy atom. The van der Waals surface area contributed by atoms with Gasteiger partial charge in [-0.15, -0.1) is 0 Å². The van der Waals surface area contributed by atoms with Crippen LogP contribution >= 0.6 is 34.2 Å². The smallest absolute Gasteiger partial charge is 0.251 e. The first-order valence-electron chi connectivity index (χ1n) is 6.61. The van der Waals surface area contributed by atoms with Crippen LogP contribution in [0.4, 0.5) is 0 Å². The van der Waals surface area contributed by atoms with E-state index in [1.165, 1.54) is 5.56 Å². The van der Waals surface area contributed by atoms with Crippen molar-refractivity contribution < 1.29 is 9.53 Å². The zero-order chi connectivity index (χ0) is 14.8. The van der Waals surface area contributed by atoms with Crippen LogP contribution in [0.5, 0.6) is 5.75 Å². The molecule has 1 aliphatic rings. The summed E-state index contributed by atoms with van der Waals surface area (Å²) in [7, 11) is 0. The van der Waals surface area contributed by atoms with E-state index in [0.717, 1.165) is 15.7 Å². The SMILES string of the molecule is O=C(NCC1Cc2ccccc2O1)c1ccc(I)c(Cl)c1. The Kier molecular flexibility index (Phi) is 4.35. The third kappa shape index (κ3) is 3.32. The minimum absolute atomic E-state index is 0.00864. The van der Waals surface area contributed by atoms with Crippen LogP contribution in [0.2, 0.25) is 5.02 Å². The summed E-state index contributed by atoms with van der Waals surface area (Å²) in [6.45, 7) is 0.483. The number of para-hydroxylation sites is 1. The van der Waals surface area contributed by atoms with Crippen molar-refractivity contribution in [2.45, 2.75) is 12.5 Å². The van der Waals surface area contributed by atoms with Gasteiger partial charge in [-0.05, 0) is 52.4 Å². The van der Waals surface area contributed by atoms with Crippen LogP contribution in [0.3, 0.4) is 0 Å². The summed E-state index contributed by atoms with van der Waals surface area (Å²) in [4.78, 5) is 12.1. The summed E-state index contributed by atoms with van der Waals surface area (Å²) >= 11 is 8.17. The standard InChI is InChI=1S/C16H13ClINO2/c17-13-8-11(5-6-14(13)18)16(20)19-9-12-7-10-3-1-2-4-15(10)21-12/h1-6,8,12H,7,9H2,(H,19,20). The van der Waals surface area contributed by atoms with Gasteiger partial charge in [0.15, 0.2) is 0 Å². The maximum atomic E-state index is 12.1. The van der Waals surface area contributed by atoms with Crippen LogP contribution in [-0.2, 0) is 6.42 Å². The molecule has 0 bridgehead atoms. The van der Waals surface area contributed by atoms with Crippen molar-refractivity contribution >= 4 is 40.1 Å². The second-order valence-corrected chi connectivity index (χ2v) is 6.46. The lowest BCUT2D eigenvalue weighted by Crippen LogP contribution is -2.34. The number of hydrogen-bond donors (Lipinski definition) is 1. The Morgan fingerprint density at radius 2 is 2.14 bits per heavy atom. The average molecular weight is 414 g/mol. The number of benzene rings is 2. The molecule has 0 radical (unpaired) electrons. The number of carbonyl (C=O) groups excluding carboxylic acids is 1. The Morgan fingerprint density at radius 1 is 1.33 bits per heavy atom. The second-order valence-electron chi connectivity index (χ2n) is 4.89. The fraction of sp³-hybridized carbons (Fsp3) is 0.188. The highest BCUT2D eigenvalue weighted by molar-refractivity contribution is 14.1. The fourth-order valence-corrected chi connectivity index (χ4v) is 2.83. The van der Waals surface area contributed by atoms with Gasteiger partial charge in [0, 0.05) is 15.6 Å². The van der Waals surface area contributed by atoms with Gasteiger partial charge in [-0.1, -0.05) is 29.8 Å². The van der Waals surface area contributed by atoms with Crippen LogP contribution in [0.1, 0.15) is 15.9 Å². The molecule has 1 N–H and O–H groups in total. The van der Waals surface area contributed by atoms with E-state index in [1.54, 1.807) is 12.1 Å². The van der Waals surface area contributed by atoms with Crippen LogP contribution in [0, 0.1) is 3.57 Å². The first-order valence-corrected chi connectivity index (χ1v) is 8.07. The molecule has 3 nitrogen and oxygen atoms in total. The summed E-state index contributed by atoms with van der Waals surface area (Å²) in [5.74, 6) is 0.780. The lowest BCUT2D eigenvalue weighted by molar-refractivity contribution is 0.0933. The maximum Gasteiger partial charge on any atom is 0.251 e. The predicted octanol–water partition coefficient (Wildman–Crippen LogP) is 3.68. The topological polar surface area (TPSA) is 38.3 Å². The molecule has 5 heteroatoms. The average Bonchev–Trinajstić information content (AvgIpc) is 2.90. The van der Waals surface area contributed by atoms with Gasteiger partial charge in [0.25, 0.3) is 5.91 Å². The van der Waals surface area contributed by atoms with Gasteiger partial charge in [0.1, 0.15) is 11.9 Å². The van der Waals surface area contributed by atoms with Crippen LogP contribution in [-0.4, -0.2) is 18.6 Å². The van der Waals surface area contributed by atoms with E-state index in [2.05, 4.69) is 34.0 Å². The molecule has 0 aromatic heterocycles. The third-order valence-electron chi connectivity index (χ3n) is 3.39. The van der Waals surface area contributed by atoms with Crippen molar-refractivity contribution in [3.05, 3.63) is 62.2 Å². The Bertz CT molecular complexity index is 665. The molecular formula is C16H13ClINO2. The summed E-state index contributed by atoms with van der Waals surface area (Å²) in [6, 6.07) is 13.2. The zero-order valence-electron chi connectivity index (χ0n) is 11.1. The maximum absolute atomic E-state index is 12.1. The second kappa shape index (κ2) is 6.23. The third-order valence-corrected chi connectivity index (χ3v) is 4.96. The molecule has 1 amide bonds. The first-order chi connectivity index (χ1) is 10.1. The number of ether oxygens (including phenoxy) is 1. The van der Waals surface area contributed by atoms with Gasteiger partial charge in [-0.3, -0.25) is 4.79 Å². The molecule has 2 aromatic carbocycles. The summed E-state index contributed by atoms with van der Waals surface area (Å²) in [5.41, 5.74) is 1.75. The van der Waals surface area contributed by atoms with Gasteiger partial charge in [-0.2, -0.15) is 0 Å². The molecule has 1 heterocycles. The molecule has 1 aliphatic heterocycles. The van der Waals surface area contributed by atoms with E-state index in [9.17, 15) is 4.79 Å². The quantitative estimate of drug-likeness (QED) is 0.780. The van der Waals surface area contributed by atoms with E-state index in [4.69, 9.17) is 16.3 Å². The van der Waals surface area contributed by atoms with Crippen LogP contribution < -0.4 is 10.1 Å². The minimum Gasteiger partial charge on any atom is -0.488 e. The van der Waals surface area contributed by atoms with Crippen molar-refractivity contribution in [1.29, 1.82) is 0 Å². The van der Waals surface area contributed by atoms with E-state index >= 15 is 0 Å². The Hall–Kier alpha value is -1.27. The number of nitrogens with one attached hydrogen (secondary N) is 1. The lowest BCUT2D eigenvalue weighted by atomic mass is 10.1. The van der Waals surface area contributed by atoms with Gasteiger partial charge in [-0.25, -0.2) is 0 Å². The van der Waals surface area contributed by atoms with Crippen LogP contribution in [0.15, 0.2) is 42.5 Å². The van der Waals surface area contributed by atoms with Crippen molar-refractivity contribution in [2.24, 2.45) is 0 Å². The molecule has 0 saturated heterocycles. The molecule has 0 spiro atoms. The highest BCUT2D eigenvalue weighted by Crippen LogP contribution is 2.27. The molecule has 108 valence electrons. The molecule has 2 aromatic rings. The number of hydrogen-bond acceptors (Lipinski definition) is 2. The largest absolute Gasteiger partial charge is 0.488 e. The molecule has 21 heavy (non-hydrogen) atoms. The lowest BCUT2D eigenvalue weighted by Gasteiger charge is -2.12.